The quantitative estimate of drug-likeness (QED) is 0.416. The van der Waals surface area contributed by atoms with Gasteiger partial charge in [0.25, 0.3) is 0 Å². The number of benzene rings is 2. The van der Waals surface area contributed by atoms with Crippen molar-refractivity contribution >= 4 is 6.21 Å². The van der Waals surface area contributed by atoms with Crippen LogP contribution in [-0.2, 0) is 12.4 Å². The number of nitrogens with zero attached hydrogens (tertiary/aromatic N) is 1. The molecule has 0 aliphatic heterocycles. The van der Waals surface area contributed by atoms with Crippen LogP contribution in [0.3, 0.4) is 0 Å². The molecule has 0 heterocycles. The molecule has 10 heteroatoms. The Balaban J connectivity index is 2.08. The van der Waals surface area contributed by atoms with Crippen LogP contribution in [0.25, 0.3) is 0 Å². The summed E-state index contributed by atoms with van der Waals surface area (Å²) in [5.74, 6) is -0.559. The molecular weight excluding hydrogens is 426 g/mol. The highest BCUT2D eigenvalue weighted by molar-refractivity contribution is 5.80. The smallest absolute Gasteiger partial charge is 0.417 e. The van der Waals surface area contributed by atoms with E-state index < -0.39 is 41.1 Å². The predicted molar refractivity (Wildman–Crippen MR) is 100 cm³/mol. The Morgan fingerprint density at radius 3 is 2.10 bits per heavy atom. The summed E-state index contributed by atoms with van der Waals surface area (Å²) in [5.41, 5.74) is -2.95. The van der Waals surface area contributed by atoms with E-state index in [2.05, 4.69) is 0 Å². The maximum Gasteiger partial charge on any atom is 0.417 e. The van der Waals surface area contributed by atoms with E-state index in [9.17, 15) is 26.3 Å². The van der Waals surface area contributed by atoms with Gasteiger partial charge in [-0.25, -0.2) is 0 Å². The minimum Gasteiger partial charge on any atom is -0.493 e. The summed E-state index contributed by atoms with van der Waals surface area (Å²) in [5, 5.41) is 15.9. The second kappa shape index (κ2) is 9.29. The van der Waals surface area contributed by atoms with Crippen LogP contribution >= 0.6 is 0 Å². The number of rotatable bonds is 7. The molecule has 0 aromatic heterocycles. The Kier molecular flexibility index (Phi) is 7.21. The number of ether oxygens (including phenoxy) is 2. The first kappa shape index (κ1) is 24.1. The van der Waals surface area contributed by atoms with Crippen molar-refractivity contribution in [3.05, 3.63) is 58.7 Å². The molecule has 2 aromatic rings. The SMILES string of the molecule is CC(COc1ccc(C#N)c(C(F)(F)F)c1)C(C)Oc1ccc(C=N)c(C(F)(F)F)c1. The number of nitriles is 1. The molecular formula is C21H18F6N2O2. The van der Waals surface area contributed by atoms with Crippen LogP contribution in [0.15, 0.2) is 36.4 Å². The first-order chi connectivity index (χ1) is 14.4. The van der Waals surface area contributed by atoms with Gasteiger partial charge < -0.3 is 14.9 Å². The van der Waals surface area contributed by atoms with Crippen LogP contribution in [0, 0.1) is 22.7 Å². The van der Waals surface area contributed by atoms with Crippen molar-refractivity contribution in [3.8, 4) is 17.6 Å². The zero-order valence-corrected chi connectivity index (χ0v) is 16.4. The van der Waals surface area contributed by atoms with E-state index in [0.717, 1.165) is 24.3 Å². The highest BCUT2D eigenvalue weighted by atomic mass is 19.4. The van der Waals surface area contributed by atoms with Gasteiger partial charge in [0.15, 0.2) is 0 Å². The second-order valence-corrected chi connectivity index (χ2v) is 6.82. The molecule has 166 valence electrons. The van der Waals surface area contributed by atoms with Gasteiger partial charge in [0.2, 0.25) is 0 Å². The first-order valence-electron chi connectivity index (χ1n) is 8.99. The maximum absolute atomic E-state index is 13.1. The molecule has 0 spiro atoms. The molecule has 2 rings (SSSR count). The number of hydrogen-bond donors (Lipinski definition) is 1. The zero-order valence-electron chi connectivity index (χ0n) is 16.4. The lowest BCUT2D eigenvalue weighted by Gasteiger charge is -2.23. The zero-order chi connectivity index (χ0) is 23.4. The van der Waals surface area contributed by atoms with Crippen LogP contribution < -0.4 is 9.47 Å². The molecule has 0 saturated carbocycles. The van der Waals surface area contributed by atoms with Gasteiger partial charge in [-0.3, -0.25) is 0 Å². The predicted octanol–water partition coefficient (Wildman–Crippen LogP) is 6.08. The summed E-state index contributed by atoms with van der Waals surface area (Å²) in [6.07, 6.45) is -9.41. The Labute approximate surface area is 174 Å². The molecule has 2 aromatic carbocycles. The average Bonchev–Trinajstić information content (AvgIpc) is 2.70. The molecule has 0 radical (unpaired) electrons. The average molecular weight is 444 g/mol. The fraction of sp³-hybridized carbons (Fsp3) is 0.333. The third-order valence-corrected chi connectivity index (χ3v) is 4.54. The van der Waals surface area contributed by atoms with E-state index in [1.165, 1.54) is 18.2 Å². The number of hydrogen-bond acceptors (Lipinski definition) is 4. The molecule has 0 aliphatic carbocycles. The van der Waals surface area contributed by atoms with Gasteiger partial charge in [-0.2, -0.15) is 31.6 Å². The third-order valence-electron chi connectivity index (χ3n) is 4.54. The molecule has 0 aliphatic rings. The lowest BCUT2D eigenvalue weighted by atomic mass is 10.1. The van der Waals surface area contributed by atoms with E-state index in [-0.39, 0.29) is 23.7 Å². The minimum absolute atomic E-state index is 0.0602. The molecule has 0 bridgehead atoms. The third kappa shape index (κ3) is 6.13. The van der Waals surface area contributed by atoms with Crippen LogP contribution in [0.1, 0.15) is 36.1 Å². The number of alkyl halides is 6. The summed E-state index contributed by atoms with van der Waals surface area (Å²) in [6, 6.07) is 7.65. The Morgan fingerprint density at radius 2 is 1.55 bits per heavy atom. The summed E-state index contributed by atoms with van der Waals surface area (Å²) in [4.78, 5) is 0. The Morgan fingerprint density at radius 1 is 0.968 bits per heavy atom. The summed E-state index contributed by atoms with van der Waals surface area (Å²) < 4.78 is 89.4. The van der Waals surface area contributed by atoms with Gasteiger partial charge >= 0.3 is 12.4 Å². The highest BCUT2D eigenvalue weighted by Gasteiger charge is 2.35. The van der Waals surface area contributed by atoms with Gasteiger partial charge in [0.1, 0.15) is 17.6 Å². The molecule has 4 nitrogen and oxygen atoms in total. The van der Waals surface area contributed by atoms with Crippen molar-refractivity contribution in [2.45, 2.75) is 32.3 Å². The van der Waals surface area contributed by atoms with Gasteiger partial charge in [0.05, 0.1) is 29.4 Å². The summed E-state index contributed by atoms with van der Waals surface area (Å²) in [6.45, 7) is 3.18. The van der Waals surface area contributed by atoms with E-state index >= 15 is 0 Å². The number of nitrogens with one attached hydrogen (secondary N) is 1. The summed E-state index contributed by atoms with van der Waals surface area (Å²) in [7, 11) is 0. The van der Waals surface area contributed by atoms with E-state index in [1.807, 2.05) is 0 Å². The van der Waals surface area contributed by atoms with Crippen molar-refractivity contribution < 1.29 is 35.8 Å². The van der Waals surface area contributed by atoms with Crippen LogP contribution in [0.5, 0.6) is 11.5 Å². The lowest BCUT2D eigenvalue weighted by molar-refractivity contribution is -0.138. The van der Waals surface area contributed by atoms with Crippen LogP contribution in [0.4, 0.5) is 26.3 Å². The van der Waals surface area contributed by atoms with Crippen molar-refractivity contribution in [2.75, 3.05) is 6.61 Å². The molecule has 1 N–H and O–H groups in total. The fourth-order valence-electron chi connectivity index (χ4n) is 2.62. The van der Waals surface area contributed by atoms with E-state index in [1.54, 1.807) is 13.8 Å². The van der Waals surface area contributed by atoms with Crippen molar-refractivity contribution in [3.63, 3.8) is 0 Å². The van der Waals surface area contributed by atoms with E-state index in [0.29, 0.717) is 6.21 Å². The molecule has 2 unspecified atom stereocenters. The van der Waals surface area contributed by atoms with Crippen LogP contribution in [-0.4, -0.2) is 18.9 Å². The van der Waals surface area contributed by atoms with Crippen LogP contribution in [0.2, 0.25) is 0 Å². The van der Waals surface area contributed by atoms with Gasteiger partial charge in [-0.15, -0.1) is 0 Å². The first-order valence-corrected chi connectivity index (χ1v) is 8.99. The summed E-state index contributed by atoms with van der Waals surface area (Å²) >= 11 is 0. The van der Waals surface area contributed by atoms with Gasteiger partial charge in [0, 0.05) is 17.7 Å². The normalized spacial score (nSPS) is 13.8. The second-order valence-electron chi connectivity index (χ2n) is 6.82. The van der Waals surface area contributed by atoms with Crippen molar-refractivity contribution in [1.29, 1.82) is 10.7 Å². The van der Waals surface area contributed by atoms with Gasteiger partial charge in [-0.05, 0) is 43.3 Å². The topological polar surface area (TPSA) is 66.1 Å². The minimum atomic E-state index is -4.72. The lowest BCUT2D eigenvalue weighted by Crippen LogP contribution is -2.26. The fourth-order valence-corrected chi connectivity index (χ4v) is 2.62. The van der Waals surface area contributed by atoms with Crippen molar-refractivity contribution in [1.82, 2.24) is 0 Å². The maximum atomic E-state index is 13.1. The Bertz CT molecular complexity index is 979. The van der Waals surface area contributed by atoms with Crippen molar-refractivity contribution in [2.24, 2.45) is 5.92 Å². The molecule has 0 amide bonds. The molecule has 31 heavy (non-hydrogen) atoms. The standard InChI is InChI=1S/C21H18F6N2O2/c1-12(11-30-16-5-3-14(9-28)18(7-16)20(22,23)24)13(2)31-17-6-4-15(10-29)19(8-17)21(25,26)27/h3-8,10,12-13,29H,11H2,1-2H3. The molecule has 2 atom stereocenters. The number of halogens is 6. The Hall–Kier alpha value is -3.22. The van der Waals surface area contributed by atoms with E-state index in [4.69, 9.17) is 20.1 Å². The monoisotopic (exact) mass is 444 g/mol. The molecule has 0 fully saturated rings. The highest BCUT2D eigenvalue weighted by Crippen LogP contribution is 2.35. The van der Waals surface area contributed by atoms with Gasteiger partial charge in [-0.1, -0.05) is 6.92 Å². The molecule has 0 saturated heterocycles. The largest absolute Gasteiger partial charge is 0.493 e.